The van der Waals surface area contributed by atoms with E-state index in [2.05, 4.69) is 29.2 Å². The van der Waals surface area contributed by atoms with Crippen LogP contribution in [0.25, 0.3) is 10.9 Å². The molecule has 2 aromatic rings. The molecule has 0 amide bonds. The molecular formula is C14H16N2. The number of fused-ring (bicyclic) bond motifs is 1. The van der Waals surface area contributed by atoms with Crippen LogP contribution in [0.3, 0.4) is 0 Å². The Labute approximate surface area is 94.8 Å². The lowest BCUT2D eigenvalue weighted by atomic mass is 9.86. The lowest BCUT2D eigenvalue weighted by Gasteiger charge is -2.23. The molecular weight excluding hydrogens is 196 g/mol. The van der Waals surface area contributed by atoms with Crippen molar-refractivity contribution in [2.45, 2.75) is 36.6 Å². The van der Waals surface area contributed by atoms with Gasteiger partial charge in [0.15, 0.2) is 0 Å². The van der Waals surface area contributed by atoms with Gasteiger partial charge >= 0.3 is 0 Å². The molecule has 2 nitrogen and oxygen atoms in total. The molecule has 2 fully saturated rings. The number of hydrogen-bond donors (Lipinski definition) is 2. The predicted molar refractivity (Wildman–Crippen MR) is 65.4 cm³/mol. The standard InChI is InChI=1S/C14H16N2/c15-14(6-7-14)13(4-5-13)11-1-2-12-10(9-11)3-8-16-12/h1-3,8-9,16H,4-7,15H2. The summed E-state index contributed by atoms with van der Waals surface area (Å²) in [7, 11) is 0. The first-order valence-corrected chi connectivity index (χ1v) is 6.10. The van der Waals surface area contributed by atoms with Crippen molar-refractivity contribution in [1.29, 1.82) is 0 Å². The van der Waals surface area contributed by atoms with Crippen molar-refractivity contribution >= 4 is 10.9 Å². The van der Waals surface area contributed by atoms with Crippen molar-refractivity contribution in [2.24, 2.45) is 5.73 Å². The second kappa shape index (κ2) is 2.51. The van der Waals surface area contributed by atoms with Gasteiger partial charge in [0, 0.05) is 22.7 Å². The molecule has 0 aliphatic heterocycles. The molecule has 0 bridgehead atoms. The number of benzene rings is 1. The van der Waals surface area contributed by atoms with Gasteiger partial charge in [-0.25, -0.2) is 0 Å². The third-order valence-corrected chi connectivity index (χ3v) is 4.60. The average molecular weight is 212 g/mol. The Morgan fingerprint density at radius 1 is 1.06 bits per heavy atom. The van der Waals surface area contributed by atoms with Gasteiger partial charge in [-0.15, -0.1) is 0 Å². The van der Waals surface area contributed by atoms with Crippen LogP contribution in [-0.4, -0.2) is 10.5 Å². The zero-order valence-corrected chi connectivity index (χ0v) is 9.29. The van der Waals surface area contributed by atoms with Gasteiger partial charge in [0.1, 0.15) is 0 Å². The summed E-state index contributed by atoms with van der Waals surface area (Å²) >= 11 is 0. The Morgan fingerprint density at radius 2 is 1.88 bits per heavy atom. The van der Waals surface area contributed by atoms with E-state index in [-0.39, 0.29) is 5.54 Å². The zero-order chi connectivity index (χ0) is 10.8. The van der Waals surface area contributed by atoms with Crippen LogP contribution in [0.5, 0.6) is 0 Å². The first-order valence-electron chi connectivity index (χ1n) is 6.10. The highest BCUT2D eigenvalue weighted by molar-refractivity contribution is 5.80. The van der Waals surface area contributed by atoms with Gasteiger partial charge in [-0.1, -0.05) is 6.07 Å². The SMILES string of the molecule is NC1(C2(c3ccc4[nH]ccc4c3)CC2)CC1. The highest BCUT2D eigenvalue weighted by atomic mass is 14.9. The third-order valence-electron chi connectivity index (χ3n) is 4.60. The van der Waals surface area contributed by atoms with E-state index in [1.807, 2.05) is 6.20 Å². The molecule has 2 aliphatic rings. The Morgan fingerprint density at radius 3 is 2.56 bits per heavy atom. The van der Waals surface area contributed by atoms with Crippen molar-refractivity contribution in [3.63, 3.8) is 0 Å². The van der Waals surface area contributed by atoms with Gasteiger partial charge in [0.05, 0.1) is 0 Å². The van der Waals surface area contributed by atoms with Crippen molar-refractivity contribution in [3.8, 4) is 0 Å². The molecule has 0 spiro atoms. The second-order valence-corrected chi connectivity index (χ2v) is 5.52. The normalized spacial score (nSPS) is 24.6. The van der Waals surface area contributed by atoms with Crippen molar-refractivity contribution in [1.82, 2.24) is 4.98 Å². The average Bonchev–Trinajstić information content (AvgIpc) is 3.18. The van der Waals surface area contributed by atoms with Gasteiger partial charge in [0.25, 0.3) is 0 Å². The maximum atomic E-state index is 6.43. The molecule has 82 valence electrons. The molecule has 0 saturated heterocycles. The zero-order valence-electron chi connectivity index (χ0n) is 9.29. The monoisotopic (exact) mass is 212 g/mol. The van der Waals surface area contributed by atoms with Gasteiger partial charge < -0.3 is 10.7 Å². The minimum Gasteiger partial charge on any atom is -0.361 e. The van der Waals surface area contributed by atoms with Crippen molar-refractivity contribution < 1.29 is 0 Å². The fourth-order valence-corrected chi connectivity index (χ4v) is 3.16. The summed E-state index contributed by atoms with van der Waals surface area (Å²) in [6.07, 6.45) is 6.97. The fraction of sp³-hybridized carbons (Fsp3) is 0.429. The summed E-state index contributed by atoms with van der Waals surface area (Å²) in [5.74, 6) is 0. The quantitative estimate of drug-likeness (QED) is 0.789. The van der Waals surface area contributed by atoms with E-state index in [1.165, 1.54) is 42.1 Å². The maximum Gasteiger partial charge on any atom is 0.0454 e. The summed E-state index contributed by atoms with van der Waals surface area (Å²) in [5, 5.41) is 1.31. The van der Waals surface area contributed by atoms with Crippen LogP contribution >= 0.6 is 0 Å². The molecule has 0 radical (unpaired) electrons. The number of hydrogen-bond acceptors (Lipinski definition) is 1. The molecule has 2 aliphatic carbocycles. The molecule has 1 aromatic carbocycles. The minimum absolute atomic E-state index is 0.122. The molecule has 16 heavy (non-hydrogen) atoms. The molecule has 0 atom stereocenters. The summed E-state index contributed by atoms with van der Waals surface area (Å²) in [6, 6.07) is 8.92. The van der Waals surface area contributed by atoms with Gasteiger partial charge in [0.2, 0.25) is 0 Å². The summed E-state index contributed by atoms with van der Waals surface area (Å²) < 4.78 is 0. The summed E-state index contributed by atoms with van der Waals surface area (Å²) in [5.41, 5.74) is 9.55. The third kappa shape index (κ3) is 0.957. The number of rotatable bonds is 2. The molecule has 1 heterocycles. The predicted octanol–water partition coefficient (Wildman–Crippen LogP) is 2.69. The molecule has 3 N–H and O–H groups in total. The topological polar surface area (TPSA) is 41.8 Å². The van der Waals surface area contributed by atoms with Crippen LogP contribution in [0.1, 0.15) is 31.2 Å². The highest BCUT2D eigenvalue weighted by Crippen LogP contribution is 2.63. The molecule has 2 saturated carbocycles. The molecule has 0 unspecified atom stereocenters. The first kappa shape index (κ1) is 8.82. The van der Waals surface area contributed by atoms with E-state index >= 15 is 0 Å². The van der Waals surface area contributed by atoms with Gasteiger partial charge in [-0.3, -0.25) is 0 Å². The van der Waals surface area contributed by atoms with Crippen LogP contribution in [0, 0.1) is 0 Å². The van der Waals surface area contributed by atoms with E-state index in [0.29, 0.717) is 5.41 Å². The van der Waals surface area contributed by atoms with Gasteiger partial charge in [-0.05, 0) is 54.8 Å². The largest absolute Gasteiger partial charge is 0.361 e. The van der Waals surface area contributed by atoms with Gasteiger partial charge in [-0.2, -0.15) is 0 Å². The molecule has 1 aromatic heterocycles. The van der Waals surface area contributed by atoms with Crippen LogP contribution in [-0.2, 0) is 5.41 Å². The Balaban J connectivity index is 1.87. The van der Waals surface area contributed by atoms with Crippen molar-refractivity contribution in [2.75, 3.05) is 0 Å². The molecule has 2 heteroatoms. The number of aromatic nitrogens is 1. The van der Waals surface area contributed by atoms with E-state index in [9.17, 15) is 0 Å². The van der Waals surface area contributed by atoms with Crippen LogP contribution in [0.4, 0.5) is 0 Å². The van der Waals surface area contributed by atoms with E-state index in [0.717, 1.165) is 0 Å². The van der Waals surface area contributed by atoms with E-state index in [4.69, 9.17) is 5.73 Å². The molecule has 4 rings (SSSR count). The Bertz CT molecular complexity index is 559. The maximum absolute atomic E-state index is 6.43. The van der Waals surface area contributed by atoms with Crippen LogP contribution in [0.15, 0.2) is 30.5 Å². The number of aromatic amines is 1. The first-order chi connectivity index (χ1) is 7.74. The van der Waals surface area contributed by atoms with E-state index in [1.54, 1.807) is 0 Å². The fourth-order valence-electron chi connectivity index (χ4n) is 3.16. The summed E-state index contributed by atoms with van der Waals surface area (Å²) in [4.78, 5) is 3.24. The lowest BCUT2D eigenvalue weighted by molar-refractivity contribution is 0.504. The van der Waals surface area contributed by atoms with E-state index < -0.39 is 0 Å². The van der Waals surface area contributed by atoms with Crippen LogP contribution < -0.4 is 5.73 Å². The smallest absolute Gasteiger partial charge is 0.0454 e. The number of nitrogens with two attached hydrogens (primary N) is 1. The highest BCUT2D eigenvalue weighted by Gasteiger charge is 2.63. The minimum atomic E-state index is 0.122. The van der Waals surface area contributed by atoms with Crippen molar-refractivity contribution in [3.05, 3.63) is 36.0 Å². The second-order valence-electron chi connectivity index (χ2n) is 5.52. The number of H-pyrrole nitrogens is 1. The van der Waals surface area contributed by atoms with Crippen LogP contribution in [0.2, 0.25) is 0 Å². The number of nitrogens with one attached hydrogen (secondary N) is 1. The lowest BCUT2D eigenvalue weighted by Crippen LogP contribution is -2.37. The Hall–Kier alpha value is -1.28. The summed E-state index contributed by atoms with van der Waals surface area (Å²) in [6.45, 7) is 0. The Kier molecular flexibility index (Phi) is 1.39.